The number of nitrogens with zero attached hydrogens (tertiary/aromatic N) is 1. The highest BCUT2D eigenvalue weighted by Crippen LogP contribution is 2.39. The Labute approximate surface area is 119 Å². The van der Waals surface area contributed by atoms with Gasteiger partial charge in [0.15, 0.2) is 5.54 Å². The molecule has 108 valence electrons. The number of halogens is 1. The predicted octanol–water partition coefficient (Wildman–Crippen LogP) is 1.82. The highest BCUT2D eigenvalue weighted by atomic mass is 35.5. The Hall–Kier alpha value is -1.86. The van der Waals surface area contributed by atoms with Crippen molar-refractivity contribution < 1.29 is 19.6 Å². The van der Waals surface area contributed by atoms with E-state index in [9.17, 15) is 20.0 Å². The summed E-state index contributed by atoms with van der Waals surface area (Å²) < 4.78 is 5.31. The Bertz CT molecular complexity index is 561. The fraction of sp³-hybridized carbons (Fsp3) is 0.417. The molecule has 1 aromatic rings. The average molecular weight is 301 g/mol. The van der Waals surface area contributed by atoms with Crippen LogP contribution < -0.4 is 10.5 Å². The SMILES string of the molecule is NC(COc1cc([N+](=O)[O-])ccc1Cl)(C(=O)O)C1CC1. The van der Waals surface area contributed by atoms with Crippen molar-refractivity contribution in [1.29, 1.82) is 0 Å². The molecule has 1 unspecified atom stereocenters. The number of non-ortho nitro benzene ring substituents is 1. The van der Waals surface area contributed by atoms with Gasteiger partial charge in [0.05, 0.1) is 16.0 Å². The number of nitro benzene ring substituents is 1. The van der Waals surface area contributed by atoms with Crippen LogP contribution in [0.4, 0.5) is 5.69 Å². The van der Waals surface area contributed by atoms with Crippen LogP contribution in [0.1, 0.15) is 12.8 Å². The van der Waals surface area contributed by atoms with E-state index in [1.54, 1.807) is 0 Å². The monoisotopic (exact) mass is 300 g/mol. The van der Waals surface area contributed by atoms with E-state index in [4.69, 9.17) is 22.1 Å². The summed E-state index contributed by atoms with van der Waals surface area (Å²) in [6.07, 6.45) is 1.46. The number of rotatable bonds is 6. The van der Waals surface area contributed by atoms with E-state index in [1.807, 2.05) is 0 Å². The maximum absolute atomic E-state index is 11.2. The molecule has 3 N–H and O–H groups in total. The van der Waals surface area contributed by atoms with Crippen molar-refractivity contribution in [1.82, 2.24) is 0 Å². The zero-order chi connectivity index (χ0) is 14.9. The van der Waals surface area contributed by atoms with Crippen LogP contribution in [-0.2, 0) is 4.79 Å². The second kappa shape index (κ2) is 5.26. The number of aliphatic carboxylic acids is 1. The minimum atomic E-state index is -1.49. The first-order valence-corrected chi connectivity index (χ1v) is 6.31. The van der Waals surface area contributed by atoms with Crippen LogP contribution in [0.3, 0.4) is 0 Å². The molecule has 1 fully saturated rings. The van der Waals surface area contributed by atoms with Crippen molar-refractivity contribution in [2.45, 2.75) is 18.4 Å². The lowest BCUT2D eigenvalue weighted by Gasteiger charge is -2.24. The molecule has 0 radical (unpaired) electrons. The van der Waals surface area contributed by atoms with Crippen molar-refractivity contribution in [2.75, 3.05) is 6.61 Å². The van der Waals surface area contributed by atoms with Crippen LogP contribution in [0.25, 0.3) is 0 Å². The summed E-state index contributed by atoms with van der Waals surface area (Å²) >= 11 is 5.87. The summed E-state index contributed by atoms with van der Waals surface area (Å²) in [4.78, 5) is 21.3. The van der Waals surface area contributed by atoms with Gasteiger partial charge in [-0.2, -0.15) is 0 Å². The van der Waals surface area contributed by atoms with E-state index in [-0.39, 0.29) is 29.0 Å². The van der Waals surface area contributed by atoms with Crippen molar-refractivity contribution in [3.63, 3.8) is 0 Å². The standard InChI is InChI=1S/C12H13ClN2O5/c13-9-4-3-8(15(18)19)5-10(9)20-6-12(14,11(16)17)7-1-2-7/h3-5,7H,1-2,6,14H2,(H,16,17). The number of ether oxygens (including phenoxy) is 1. The Morgan fingerprint density at radius 3 is 2.75 bits per heavy atom. The second-order valence-electron chi connectivity index (χ2n) is 4.78. The Kier molecular flexibility index (Phi) is 3.82. The number of nitro groups is 1. The quantitative estimate of drug-likeness (QED) is 0.611. The number of hydrogen-bond acceptors (Lipinski definition) is 5. The van der Waals surface area contributed by atoms with Crippen LogP contribution in [0.2, 0.25) is 5.02 Å². The van der Waals surface area contributed by atoms with Crippen LogP contribution in [-0.4, -0.2) is 28.1 Å². The number of carbonyl (C=O) groups is 1. The highest BCUT2D eigenvalue weighted by Gasteiger charge is 2.49. The van der Waals surface area contributed by atoms with Crippen LogP contribution in [0, 0.1) is 16.0 Å². The summed E-state index contributed by atoms with van der Waals surface area (Å²) in [5.74, 6) is -1.24. The predicted molar refractivity (Wildman–Crippen MR) is 70.9 cm³/mol. The van der Waals surface area contributed by atoms with Gasteiger partial charge < -0.3 is 15.6 Å². The maximum Gasteiger partial charge on any atom is 0.327 e. The molecule has 1 aliphatic rings. The zero-order valence-electron chi connectivity index (χ0n) is 10.4. The lowest BCUT2D eigenvalue weighted by molar-refractivity contribution is -0.384. The van der Waals surface area contributed by atoms with Gasteiger partial charge >= 0.3 is 5.97 Å². The minimum absolute atomic E-state index is 0.0533. The molecule has 0 amide bonds. The number of carboxylic acids is 1. The number of hydrogen-bond donors (Lipinski definition) is 2. The first kappa shape index (κ1) is 14.5. The maximum atomic E-state index is 11.2. The molecule has 0 aliphatic heterocycles. The molecular formula is C12H13ClN2O5. The second-order valence-corrected chi connectivity index (χ2v) is 5.19. The molecule has 0 bridgehead atoms. The van der Waals surface area contributed by atoms with Crippen molar-refractivity contribution in [3.8, 4) is 5.75 Å². The van der Waals surface area contributed by atoms with E-state index in [2.05, 4.69) is 0 Å². The number of nitrogens with two attached hydrogens (primary N) is 1. The summed E-state index contributed by atoms with van der Waals surface area (Å²) in [5.41, 5.74) is 4.16. The third-order valence-corrected chi connectivity index (χ3v) is 3.61. The minimum Gasteiger partial charge on any atom is -0.489 e. The van der Waals surface area contributed by atoms with Crippen LogP contribution in [0.5, 0.6) is 5.75 Å². The number of carboxylic acid groups (broad SMARTS) is 1. The van der Waals surface area contributed by atoms with Gasteiger partial charge in [0.25, 0.3) is 5.69 Å². The molecule has 0 spiro atoms. The topological polar surface area (TPSA) is 116 Å². The van der Waals surface area contributed by atoms with Crippen molar-refractivity contribution in [2.24, 2.45) is 11.7 Å². The Balaban J connectivity index is 2.15. The molecule has 1 aliphatic carbocycles. The van der Waals surface area contributed by atoms with Gasteiger partial charge in [0.1, 0.15) is 12.4 Å². The summed E-state index contributed by atoms with van der Waals surface area (Å²) in [6.45, 7) is -0.284. The van der Waals surface area contributed by atoms with Gasteiger partial charge in [-0.1, -0.05) is 11.6 Å². The smallest absolute Gasteiger partial charge is 0.327 e. The highest BCUT2D eigenvalue weighted by molar-refractivity contribution is 6.32. The third-order valence-electron chi connectivity index (χ3n) is 3.30. The molecule has 0 aromatic heterocycles. The summed E-state index contributed by atoms with van der Waals surface area (Å²) in [5, 5.41) is 20.0. The lowest BCUT2D eigenvalue weighted by Crippen LogP contribution is -2.54. The molecule has 1 saturated carbocycles. The fourth-order valence-corrected chi connectivity index (χ4v) is 2.04. The van der Waals surface area contributed by atoms with Gasteiger partial charge in [0, 0.05) is 6.07 Å². The van der Waals surface area contributed by atoms with Gasteiger partial charge in [-0.05, 0) is 24.8 Å². The molecule has 20 heavy (non-hydrogen) atoms. The summed E-state index contributed by atoms with van der Waals surface area (Å²) in [6, 6.07) is 3.71. The Morgan fingerprint density at radius 1 is 1.60 bits per heavy atom. The molecule has 0 heterocycles. The van der Waals surface area contributed by atoms with E-state index in [0.29, 0.717) is 0 Å². The van der Waals surface area contributed by atoms with E-state index in [1.165, 1.54) is 12.1 Å². The molecular weight excluding hydrogens is 288 g/mol. The fourth-order valence-electron chi connectivity index (χ4n) is 1.87. The molecule has 8 heteroatoms. The van der Waals surface area contributed by atoms with Crippen LogP contribution >= 0.6 is 11.6 Å². The Morgan fingerprint density at radius 2 is 2.25 bits per heavy atom. The first-order chi connectivity index (χ1) is 9.34. The molecule has 1 aromatic carbocycles. The molecule has 7 nitrogen and oxygen atoms in total. The third kappa shape index (κ3) is 2.83. The van der Waals surface area contributed by atoms with Crippen molar-refractivity contribution >= 4 is 23.3 Å². The van der Waals surface area contributed by atoms with Gasteiger partial charge in [-0.15, -0.1) is 0 Å². The molecule has 2 rings (SSSR count). The van der Waals surface area contributed by atoms with Gasteiger partial charge in [-0.3, -0.25) is 14.9 Å². The zero-order valence-corrected chi connectivity index (χ0v) is 11.2. The lowest BCUT2D eigenvalue weighted by atomic mass is 9.96. The van der Waals surface area contributed by atoms with Crippen LogP contribution in [0.15, 0.2) is 18.2 Å². The van der Waals surface area contributed by atoms with Gasteiger partial charge in [0.2, 0.25) is 0 Å². The van der Waals surface area contributed by atoms with Gasteiger partial charge in [-0.25, -0.2) is 0 Å². The first-order valence-electron chi connectivity index (χ1n) is 5.93. The molecule has 0 saturated heterocycles. The summed E-state index contributed by atoms with van der Waals surface area (Å²) in [7, 11) is 0. The van der Waals surface area contributed by atoms with E-state index in [0.717, 1.165) is 18.9 Å². The number of benzene rings is 1. The largest absolute Gasteiger partial charge is 0.489 e. The van der Waals surface area contributed by atoms with E-state index >= 15 is 0 Å². The van der Waals surface area contributed by atoms with E-state index < -0.39 is 16.4 Å². The van der Waals surface area contributed by atoms with Crippen molar-refractivity contribution in [3.05, 3.63) is 33.3 Å². The normalized spacial score (nSPS) is 17.3. The average Bonchev–Trinajstić information content (AvgIpc) is 3.21. The molecule has 1 atom stereocenters.